The second-order valence-electron chi connectivity index (χ2n) is 12.4. The van der Waals surface area contributed by atoms with Crippen LogP contribution in [0.2, 0.25) is 0 Å². The van der Waals surface area contributed by atoms with Crippen molar-refractivity contribution in [3.63, 3.8) is 0 Å². The summed E-state index contributed by atoms with van der Waals surface area (Å²) in [5.41, 5.74) is 7.64. The lowest BCUT2D eigenvalue weighted by Crippen LogP contribution is -1.98. The summed E-state index contributed by atoms with van der Waals surface area (Å²) in [6, 6.07) is 53.9. The summed E-state index contributed by atoms with van der Waals surface area (Å²) in [6.07, 6.45) is 1.09. The molecule has 9 rings (SSSR count). The number of rotatable bonds is 4. The number of hydrogen-bond donors (Lipinski definition) is 0. The van der Waals surface area contributed by atoms with Crippen molar-refractivity contribution in [3.05, 3.63) is 151 Å². The fourth-order valence-corrected chi connectivity index (χ4v) is 7.80. The highest BCUT2D eigenvalue weighted by molar-refractivity contribution is 6.29. The zero-order valence-electron chi connectivity index (χ0n) is 25.6. The normalized spacial score (nSPS) is 12.7. The van der Waals surface area contributed by atoms with Crippen molar-refractivity contribution in [1.29, 1.82) is 0 Å². The minimum absolute atomic E-state index is 0.425. The standard InChI is InChI=1S/C44H33N/c1-3-28(2)43-38-20-12-19-31(39(38)27-40-34-15-5-4-13-32(34)33-14-6-7-18-37(33)44(40)43)29-23-25-30(26-24-29)45-41-21-10-8-16-35(41)36-17-9-11-22-42(36)45/h4-28H,3H2,1-2H3. The Morgan fingerprint density at radius 1 is 0.467 bits per heavy atom. The zero-order chi connectivity index (χ0) is 30.1. The molecule has 0 saturated heterocycles. The Bertz CT molecular complexity index is 2530. The average Bonchev–Trinajstić information content (AvgIpc) is 3.45. The van der Waals surface area contributed by atoms with Crippen molar-refractivity contribution in [2.24, 2.45) is 0 Å². The molecule has 0 radical (unpaired) electrons. The molecule has 1 heterocycles. The van der Waals surface area contributed by atoms with E-state index in [4.69, 9.17) is 0 Å². The molecule has 8 aromatic carbocycles. The molecule has 0 spiro atoms. The maximum atomic E-state index is 2.47. The molecule has 0 saturated carbocycles. The largest absolute Gasteiger partial charge is 0.309 e. The van der Waals surface area contributed by atoms with E-state index in [1.165, 1.54) is 87.3 Å². The summed E-state index contributed by atoms with van der Waals surface area (Å²) in [5, 5.41) is 13.4. The SMILES string of the molecule is CCC(C)c1c2cccc(-c3ccc(-n4c5ccccc5c5ccccc54)cc3)c2cc2c3ccccc3c3ccccc3c12. The van der Waals surface area contributed by atoms with Crippen molar-refractivity contribution < 1.29 is 0 Å². The van der Waals surface area contributed by atoms with Crippen LogP contribution in [-0.4, -0.2) is 4.57 Å². The van der Waals surface area contributed by atoms with E-state index in [1.54, 1.807) is 0 Å². The van der Waals surface area contributed by atoms with Gasteiger partial charge in [-0.05, 0) is 102 Å². The molecule has 0 bridgehead atoms. The number of benzene rings is 8. The van der Waals surface area contributed by atoms with Crippen LogP contribution in [0, 0.1) is 0 Å². The molecule has 1 atom stereocenters. The highest BCUT2D eigenvalue weighted by Gasteiger charge is 2.20. The molecular formula is C44H33N. The fraction of sp³-hybridized carbons (Fsp3) is 0.0909. The Hall–Kier alpha value is -5.40. The molecule has 0 aliphatic heterocycles. The van der Waals surface area contributed by atoms with Crippen LogP contribution in [0.4, 0.5) is 0 Å². The first kappa shape index (κ1) is 26.0. The smallest absolute Gasteiger partial charge is 0.0541 e. The van der Waals surface area contributed by atoms with E-state index in [-0.39, 0.29) is 0 Å². The van der Waals surface area contributed by atoms with Crippen molar-refractivity contribution in [3.8, 4) is 16.8 Å². The first-order chi connectivity index (χ1) is 22.2. The number of nitrogens with zero attached hydrogens (tertiary/aromatic N) is 1. The van der Waals surface area contributed by atoms with Crippen LogP contribution in [0.3, 0.4) is 0 Å². The minimum atomic E-state index is 0.425. The summed E-state index contributed by atoms with van der Waals surface area (Å²) >= 11 is 0. The molecular weight excluding hydrogens is 542 g/mol. The minimum Gasteiger partial charge on any atom is -0.309 e. The van der Waals surface area contributed by atoms with Crippen LogP contribution >= 0.6 is 0 Å². The predicted molar refractivity (Wildman–Crippen MR) is 195 cm³/mol. The quantitative estimate of drug-likeness (QED) is 0.145. The zero-order valence-corrected chi connectivity index (χ0v) is 25.6. The summed E-state index contributed by atoms with van der Waals surface area (Å²) in [7, 11) is 0. The Labute approximate surface area is 263 Å². The van der Waals surface area contributed by atoms with Gasteiger partial charge in [-0.1, -0.05) is 129 Å². The van der Waals surface area contributed by atoms with Gasteiger partial charge in [0.2, 0.25) is 0 Å². The second-order valence-corrected chi connectivity index (χ2v) is 12.4. The lowest BCUT2D eigenvalue weighted by Gasteiger charge is -2.21. The first-order valence-electron chi connectivity index (χ1n) is 16.1. The van der Waals surface area contributed by atoms with Crippen molar-refractivity contribution in [2.75, 3.05) is 0 Å². The van der Waals surface area contributed by atoms with Gasteiger partial charge < -0.3 is 4.57 Å². The monoisotopic (exact) mass is 575 g/mol. The van der Waals surface area contributed by atoms with Crippen LogP contribution < -0.4 is 0 Å². The molecule has 0 aliphatic rings. The maximum absolute atomic E-state index is 2.47. The van der Waals surface area contributed by atoms with E-state index in [0.717, 1.165) is 6.42 Å². The highest BCUT2D eigenvalue weighted by Crippen LogP contribution is 2.45. The Morgan fingerprint density at radius 3 is 1.60 bits per heavy atom. The third-order valence-corrected chi connectivity index (χ3v) is 10.0. The summed E-state index contributed by atoms with van der Waals surface area (Å²) in [6.45, 7) is 4.71. The number of aromatic nitrogens is 1. The first-order valence-corrected chi connectivity index (χ1v) is 16.1. The van der Waals surface area contributed by atoms with Gasteiger partial charge in [0, 0.05) is 16.5 Å². The number of para-hydroxylation sites is 2. The molecule has 0 aliphatic carbocycles. The number of hydrogen-bond acceptors (Lipinski definition) is 0. The fourth-order valence-electron chi connectivity index (χ4n) is 7.80. The molecule has 1 nitrogen and oxygen atoms in total. The topological polar surface area (TPSA) is 4.93 Å². The van der Waals surface area contributed by atoms with E-state index in [0.29, 0.717) is 5.92 Å². The van der Waals surface area contributed by atoms with Crippen LogP contribution in [0.25, 0.3) is 81.7 Å². The van der Waals surface area contributed by atoms with Crippen LogP contribution in [0.5, 0.6) is 0 Å². The van der Waals surface area contributed by atoms with Gasteiger partial charge in [-0.15, -0.1) is 0 Å². The summed E-state index contributed by atoms with van der Waals surface area (Å²) in [4.78, 5) is 0. The van der Waals surface area contributed by atoms with Gasteiger partial charge in [0.1, 0.15) is 0 Å². The van der Waals surface area contributed by atoms with Crippen molar-refractivity contribution in [1.82, 2.24) is 4.57 Å². The second kappa shape index (κ2) is 10.1. The molecule has 214 valence electrons. The Balaban J connectivity index is 1.31. The Morgan fingerprint density at radius 2 is 0.978 bits per heavy atom. The van der Waals surface area contributed by atoms with Gasteiger partial charge in [0.15, 0.2) is 0 Å². The Kier molecular flexibility index (Phi) is 5.83. The van der Waals surface area contributed by atoms with Crippen LogP contribution in [-0.2, 0) is 0 Å². The van der Waals surface area contributed by atoms with Gasteiger partial charge in [0.25, 0.3) is 0 Å². The molecule has 0 amide bonds. The molecule has 0 N–H and O–H groups in total. The van der Waals surface area contributed by atoms with Crippen LogP contribution in [0.15, 0.2) is 146 Å². The lowest BCUT2D eigenvalue weighted by molar-refractivity contribution is 0.746. The van der Waals surface area contributed by atoms with E-state index >= 15 is 0 Å². The van der Waals surface area contributed by atoms with Gasteiger partial charge in [0.05, 0.1) is 11.0 Å². The van der Waals surface area contributed by atoms with Gasteiger partial charge >= 0.3 is 0 Å². The van der Waals surface area contributed by atoms with Gasteiger partial charge in [-0.25, -0.2) is 0 Å². The van der Waals surface area contributed by atoms with E-state index in [2.05, 4.69) is 164 Å². The maximum Gasteiger partial charge on any atom is 0.0541 e. The van der Waals surface area contributed by atoms with E-state index < -0.39 is 0 Å². The number of fused-ring (bicyclic) bond motifs is 10. The van der Waals surface area contributed by atoms with Gasteiger partial charge in [-0.3, -0.25) is 0 Å². The molecule has 0 fully saturated rings. The highest BCUT2D eigenvalue weighted by atomic mass is 15.0. The van der Waals surface area contributed by atoms with Crippen molar-refractivity contribution >= 4 is 64.9 Å². The van der Waals surface area contributed by atoms with Crippen molar-refractivity contribution in [2.45, 2.75) is 26.2 Å². The van der Waals surface area contributed by atoms with Gasteiger partial charge in [-0.2, -0.15) is 0 Å². The average molecular weight is 576 g/mol. The molecule has 9 aromatic rings. The summed E-state index contributed by atoms with van der Waals surface area (Å²) < 4.78 is 2.39. The summed E-state index contributed by atoms with van der Waals surface area (Å²) in [5.74, 6) is 0.425. The van der Waals surface area contributed by atoms with Crippen LogP contribution in [0.1, 0.15) is 31.7 Å². The molecule has 1 aromatic heterocycles. The third-order valence-electron chi connectivity index (χ3n) is 10.0. The molecule has 45 heavy (non-hydrogen) atoms. The third kappa shape index (κ3) is 3.80. The van der Waals surface area contributed by atoms with E-state index in [9.17, 15) is 0 Å². The predicted octanol–water partition coefficient (Wildman–Crippen LogP) is 12.6. The molecule has 1 heteroatoms. The lowest BCUT2D eigenvalue weighted by atomic mass is 9.82. The van der Waals surface area contributed by atoms with E-state index in [1.807, 2.05) is 0 Å². The molecule has 1 unspecified atom stereocenters.